The van der Waals surface area contributed by atoms with E-state index in [9.17, 15) is 0 Å². The first kappa shape index (κ1) is 11.5. The van der Waals surface area contributed by atoms with E-state index >= 15 is 0 Å². The van der Waals surface area contributed by atoms with Crippen molar-refractivity contribution in [1.82, 2.24) is 14.5 Å². The molecule has 19 heavy (non-hydrogen) atoms. The molecule has 0 radical (unpaired) electrons. The third kappa shape index (κ3) is 1.79. The van der Waals surface area contributed by atoms with Gasteiger partial charge < -0.3 is 5.73 Å². The number of nitrogens with zero attached hydrogens (tertiary/aromatic N) is 4. The topological polar surface area (TPSA) is 80.5 Å². The summed E-state index contributed by atoms with van der Waals surface area (Å²) in [6.07, 6.45) is 3.28. The fourth-order valence-corrected chi connectivity index (χ4v) is 2.16. The van der Waals surface area contributed by atoms with Crippen LogP contribution in [0.1, 0.15) is 5.56 Å². The molecule has 0 aliphatic carbocycles. The van der Waals surface area contributed by atoms with Gasteiger partial charge in [0.2, 0.25) is 5.95 Å². The second-order valence-corrected chi connectivity index (χ2v) is 4.35. The summed E-state index contributed by atoms with van der Waals surface area (Å²) in [5, 5.41) is 9.48. The van der Waals surface area contributed by atoms with Crippen molar-refractivity contribution in [3.05, 3.63) is 47.2 Å². The van der Waals surface area contributed by atoms with E-state index in [2.05, 4.69) is 16.0 Å². The molecule has 3 rings (SSSR count). The Bertz CT molecular complexity index is 816. The normalized spacial score (nSPS) is 10.5. The van der Waals surface area contributed by atoms with E-state index in [1.165, 1.54) is 0 Å². The van der Waals surface area contributed by atoms with Crippen molar-refractivity contribution in [2.75, 3.05) is 5.73 Å². The minimum atomic E-state index is 0.306. The molecule has 92 valence electrons. The van der Waals surface area contributed by atoms with Gasteiger partial charge in [-0.25, -0.2) is 4.98 Å². The van der Waals surface area contributed by atoms with Crippen LogP contribution in [0.2, 0.25) is 5.02 Å². The van der Waals surface area contributed by atoms with Crippen LogP contribution in [0.25, 0.3) is 16.7 Å². The Hall–Kier alpha value is -2.58. The zero-order chi connectivity index (χ0) is 13.4. The van der Waals surface area contributed by atoms with Gasteiger partial charge in [-0.1, -0.05) is 11.6 Å². The Morgan fingerprint density at radius 1 is 1.32 bits per heavy atom. The van der Waals surface area contributed by atoms with Crippen LogP contribution in [0.4, 0.5) is 5.95 Å². The van der Waals surface area contributed by atoms with E-state index in [0.717, 1.165) is 5.52 Å². The minimum Gasteiger partial charge on any atom is -0.369 e. The molecule has 2 aromatic heterocycles. The Balaban J connectivity index is 2.36. The summed E-state index contributed by atoms with van der Waals surface area (Å²) >= 11 is 6.19. The fraction of sp³-hybridized carbons (Fsp3) is 0. The highest BCUT2D eigenvalue weighted by molar-refractivity contribution is 6.32. The van der Waals surface area contributed by atoms with E-state index < -0.39 is 0 Å². The van der Waals surface area contributed by atoms with Gasteiger partial charge in [-0.3, -0.25) is 9.55 Å². The highest BCUT2D eigenvalue weighted by atomic mass is 35.5. The van der Waals surface area contributed by atoms with Crippen molar-refractivity contribution in [2.24, 2.45) is 0 Å². The lowest BCUT2D eigenvalue weighted by Crippen LogP contribution is -2.01. The molecule has 0 amide bonds. The molecule has 0 unspecified atom stereocenters. The Kier molecular flexibility index (Phi) is 2.58. The van der Waals surface area contributed by atoms with Gasteiger partial charge in [0.15, 0.2) is 0 Å². The number of pyridine rings is 1. The number of benzene rings is 1. The number of aromatic nitrogens is 3. The van der Waals surface area contributed by atoms with Crippen molar-refractivity contribution in [3.63, 3.8) is 0 Å². The van der Waals surface area contributed by atoms with Gasteiger partial charge in [-0.05, 0) is 24.3 Å². The molecule has 6 heteroatoms. The maximum absolute atomic E-state index is 8.97. The molecule has 2 heterocycles. The first-order valence-corrected chi connectivity index (χ1v) is 5.86. The summed E-state index contributed by atoms with van der Waals surface area (Å²) in [6, 6.07) is 8.88. The Labute approximate surface area is 113 Å². The lowest BCUT2D eigenvalue weighted by Gasteiger charge is -2.08. The van der Waals surface area contributed by atoms with Crippen LogP contribution in [-0.2, 0) is 0 Å². The van der Waals surface area contributed by atoms with Gasteiger partial charge in [0.1, 0.15) is 5.52 Å². The maximum atomic E-state index is 8.97. The van der Waals surface area contributed by atoms with Crippen LogP contribution in [0.15, 0.2) is 36.7 Å². The number of rotatable bonds is 1. The van der Waals surface area contributed by atoms with Crippen LogP contribution in [0.3, 0.4) is 0 Å². The van der Waals surface area contributed by atoms with Gasteiger partial charge in [-0.2, -0.15) is 5.26 Å². The minimum absolute atomic E-state index is 0.306. The lowest BCUT2D eigenvalue weighted by molar-refractivity contribution is 1.11. The average molecular weight is 270 g/mol. The van der Waals surface area contributed by atoms with Crippen molar-refractivity contribution in [2.45, 2.75) is 0 Å². The van der Waals surface area contributed by atoms with Crippen LogP contribution < -0.4 is 5.73 Å². The standard InChI is InChI=1S/C13H8ClN5/c14-9-2-1-8(6-15)5-12(9)19-11-3-4-17-7-10(11)18-13(19)16/h1-5,7H,(H2,16,18). The number of nitriles is 1. The van der Waals surface area contributed by atoms with E-state index in [4.69, 9.17) is 22.6 Å². The molecule has 0 spiro atoms. The molecule has 0 aliphatic rings. The number of imidazole rings is 1. The summed E-state index contributed by atoms with van der Waals surface area (Å²) in [7, 11) is 0. The fourth-order valence-electron chi connectivity index (χ4n) is 1.96. The zero-order valence-corrected chi connectivity index (χ0v) is 10.5. The van der Waals surface area contributed by atoms with E-state index in [1.54, 1.807) is 41.2 Å². The molecular weight excluding hydrogens is 262 g/mol. The van der Waals surface area contributed by atoms with Gasteiger partial charge in [-0.15, -0.1) is 0 Å². The quantitative estimate of drug-likeness (QED) is 0.736. The molecule has 2 N–H and O–H groups in total. The molecule has 0 atom stereocenters. The van der Waals surface area contributed by atoms with E-state index in [1.807, 2.05) is 0 Å². The first-order valence-electron chi connectivity index (χ1n) is 5.48. The number of anilines is 1. The molecule has 0 saturated carbocycles. The third-order valence-corrected chi connectivity index (χ3v) is 3.12. The predicted octanol–water partition coefficient (Wildman–Crippen LogP) is 2.53. The van der Waals surface area contributed by atoms with Gasteiger partial charge >= 0.3 is 0 Å². The average Bonchev–Trinajstić information content (AvgIpc) is 2.75. The molecule has 5 nitrogen and oxygen atoms in total. The van der Waals surface area contributed by atoms with Gasteiger partial charge in [0.25, 0.3) is 0 Å². The maximum Gasteiger partial charge on any atom is 0.206 e. The van der Waals surface area contributed by atoms with Crippen LogP contribution >= 0.6 is 11.6 Å². The van der Waals surface area contributed by atoms with Gasteiger partial charge in [0.05, 0.1) is 34.1 Å². The summed E-state index contributed by atoms with van der Waals surface area (Å²) in [4.78, 5) is 8.22. The molecule has 0 saturated heterocycles. The van der Waals surface area contributed by atoms with E-state index in [0.29, 0.717) is 27.7 Å². The molecule has 0 bridgehead atoms. The molecular formula is C13H8ClN5. The molecule has 1 aromatic carbocycles. The van der Waals surface area contributed by atoms with Crippen LogP contribution in [-0.4, -0.2) is 14.5 Å². The largest absolute Gasteiger partial charge is 0.369 e. The number of nitrogens with two attached hydrogens (primary N) is 1. The van der Waals surface area contributed by atoms with Crippen molar-refractivity contribution in [1.29, 1.82) is 5.26 Å². The van der Waals surface area contributed by atoms with Gasteiger partial charge in [0, 0.05) is 6.20 Å². The van der Waals surface area contributed by atoms with Crippen molar-refractivity contribution in [3.8, 4) is 11.8 Å². The number of fused-ring (bicyclic) bond motifs is 1. The summed E-state index contributed by atoms with van der Waals surface area (Å²) < 4.78 is 1.71. The Morgan fingerprint density at radius 3 is 2.95 bits per heavy atom. The van der Waals surface area contributed by atoms with Crippen molar-refractivity contribution >= 4 is 28.6 Å². The highest BCUT2D eigenvalue weighted by Gasteiger charge is 2.13. The Morgan fingerprint density at radius 2 is 2.16 bits per heavy atom. The number of nitrogen functional groups attached to an aromatic ring is 1. The monoisotopic (exact) mass is 269 g/mol. The smallest absolute Gasteiger partial charge is 0.206 e. The predicted molar refractivity (Wildman–Crippen MR) is 73.0 cm³/mol. The number of halogens is 1. The molecule has 3 aromatic rings. The van der Waals surface area contributed by atoms with Crippen LogP contribution in [0.5, 0.6) is 0 Å². The van der Waals surface area contributed by atoms with Crippen LogP contribution in [0, 0.1) is 11.3 Å². The second-order valence-electron chi connectivity index (χ2n) is 3.95. The third-order valence-electron chi connectivity index (χ3n) is 2.80. The summed E-state index contributed by atoms with van der Waals surface area (Å²) in [5.74, 6) is 0.306. The van der Waals surface area contributed by atoms with E-state index in [-0.39, 0.29) is 0 Å². The molecule has 0 aliphatic heterocycles. The zero-order valence-electron chi connectivity index (χ0n) is 9.71. The van der Waals surface area contributed by atoms with Crippen molar-refractivity contribution < 1.29 is 0 Å². The second kappa shape index (κ2) is 4.26. The SMILES string of the molecule is N#Cc1ccc(Cl)c(-n2c(N)nc3cnccc32)c1. The summed E-state index contributed by atoms with van der Waals surface area (Å²) in [5.41, 5.74) is 8.54. The summed E-state index contributed by atoms with van der Waals surface area (Å²) in [6.45, 7) is 0. The lowest BCUT2D eigenvalue weighted by atomic mass is 10.2. The molecule has 0 fully saturated rings. The number of hydrogen-bond acceptors (Lipinski definition) is 4. The highest BCUT2D eigenvalue weighted by Crippen LogP contribution is 2.28. The first-order chi connectivity index (χ1) is 9.20. The number of hydrogen-bond donors (Lipinski definition) is 1.